The second-order valence-corrected chi connectivity index (χ2v) is 8.48. The molecule has 0 radical (unpaired) electrons. The lowest BCUT2D eigenvalue weighted by Gasteiger charge is -2.23. The van der Waals surface area contributed by atoms with E-state index < -0.39 is 5.82 Å². The third-order valence-corrected chi connectivity index (χ3v) is 6.08. The van der Waals surface area contributed by atoms with Gasteiger partial charge >= 0.3 is 5.69 Å². The molecule has 0 unspecified atom stereocenters. The standard InChI is InChI=1S/C26H26ClFN4O2/c1-3-9-31(16-29)20-6-4-5-17(12-20)21-14-19(28)15-22(25(21)33)18-7-8-24(23(27)13-18)32-11-10-30(2)26(32)34/h4-8,10-15,33H,3,9,16,29H2,1-2H3. The fourth-order valence-corrected chi connectivity index (χ4v) is 4.29. The van der Waals surface area contributed by atoms with Gasteiger partial charge in [-0.3, -0.25) is 4.57 Å². The van der Waals surface area contributed by atoms with Gasteiger partial charge in [0.15, 0.2) is 0 Å². The van der Waals surface area contributed by atoms with Crippen molar-refractivity contribution in [2.45, 2.75) is 13.3 Å². The highest BCUT2D eigenvalue weighted by Gasteiger charge is 2.17. The first-order chi connectivity index (χ1) is 16.3. The summed E-state index contributed by atoms with van der Waals surface area (Å²) < 4.78 is 17.6. The molecule has 3 aromatic carbocycles. The summed E-state index contributed by atoms with van der Waals surface area (Å²) in [5.74, 6) is -0.550. The SMILES string of the molecule is CCCN(CN)c1cccc(-c2cc(F)cc(-c3ccc(-n4ccn(C)c4=O)c(Cl)c3)c2O)c1. The summed E-state index contributed by atoms with van der Waals surface area (Å²) in [6, 6.07) is 15.1. The maximum absolute atomic E-state index is 14.7. The quantitative estimate of drug-likeness (QED) is 0.359. The van der Waals surface area contributed by atoms with Crippen molar-refractivity contribution in [1.29, 1.82) is 0 Å². The molecule has 0 amide bonds. The van der Waals surface area contributed by atoms with Crippen LogP contribution in [-0.2, 0) is 7.05 Å². The molecule has 176 valence electrons. The zero-order valence-corrected chi connectivity index (χ0v) is 19.8. The molecule has 3 N–H and O–H groups in total. The van der Waals surface area contributed by atoms with E-state index in [4.69, 9.17) is 17.3 Å². The number of aromatic hydroxyl groups is 1. The first kappa shape index (κ1) is 23.6. The Labute approximate surface area is 202 Å². The zero-order valence-electron chi connectivity index (χ0n) is 19.0. The molecule has 6 nitrogen and oxygen atoms in total. The van der Waals surface area contributed by atoms with Crippen molar-refractivity contribution in [2.75, 3.05) is 18.1 Å². The van der Waals surface area contributed by atoms with E-state index in [1.807, 2.05) is 29.2 Å². The van der Waals surface area contributed by atoms with Crippen LogP contribution in [0.3, 0.4) is 0 Å². The molecule has 0 aliphatic rings. The molecule has 0 aliphatic carbocycles. The number of aryl methyl sites for hydroxylation is 1. The van der Waals surface area contributed by atoms with Gasteiger partial charge in [0.2, 0.25) is 0 Å². The van der Waals surface area contributed by atoms with E-state index in [1.54, 1.807) is 37.6 Å². The second kappa shape index (κ2) is 9.75. The molecule has 0 fully saturated rings. The molecule has 0 spiro atoms. The van der Waals surface area contributed by atoms with Gasteiger partial charge in [0, 0.05) is 42.8 Å². The first-order valence-electron chi connectivity index (χ1n) is 11.0. The minimum Gasteiger partial charge on any atom is -0.507 e. The van der Waals surface area contributed by atoms with E-state index in [-0.39, 0.29) is 11.4 Å². The summed E-state index contributed by atoms with van der Waals surface area (Å²) in [4.78, 5) is 14.3. The summed E-state index contributed by atoms with van der Waals surface area (Å²) in [6.45, 7) is 3.21. The topological polar surface area (TPSA) is 76.4 Å². The molecule has 0 bridgehead atoms. The van der Waals surface area contributed by atoms with E-state index >= 15 is 0 Å². The van der Waals surface area contributed by atoms with Crippen LogP contribution < -0.4 is 16.3 Å². The van der Waals surface area contributed by atoms with Crippen LogP contribution in [0.1, 0.15) is 13.3 Å². The van der Waals surface area contributed by atoms with Crippen LogP contribution >= 0.6 is 11.6 Å². The summed E-state index contributed by atoms with van der Waals surface area (Å²) in [5.41, 5.74) is 8.92. The number of rotatable bonds is 7. The highest BCUT2D eigenvalue weighted by molar-refractivity contribution is 6.32. The molecule has 0 aliphatic heterocycles. The average molecular weight is 481 g/mol. The number of aromatic nitrogens is 2. The number of hydrogen-bond acceptors (Lipinski definition) is 4. The number of imidazole rings is 1. The number of benzene rings is 3. The molecular weight excluding hydrogens is 455 g/mol. The van der Waals surface area contributed by atoms with Gasteiger partial charge in [-0.15, -0.1) is 0 Å². The van der Waals surface area contributed by atoms with Crippen LogP contribution in [-0.4, -0.2) is 27.5 Å². The fraction of sp³-hybridized carbons (Fsp3) is 0.192. The Morgan fingerprint density at radius 3 is 2.35 bits per heavy atom. The largest absolute Gasteiger partial charge is 0.507 e. The van der Waals surface area contributed by atoms with E-state index in [0.717, 1.165) is 18.7 Å². The van der Waals surface area contributed by atoms with Gasteiger partial charge in [-0.05, 0) is 53.9 Å². The van der Waals surface area contributed by atoms with E-state index in [0.29, 0.717) is 39.6 Å². The third-order valence-electron chi connectivity index (χ3n) is 5.78. The first-order valence-corrected chi connectivity index (χ1v) is 11.3. The van der Waals surface area contributed by atoms with Crippen molar-refractivity contribution in [3.8, 4) is 33.7 Å². The highest BCUT2D eigenvalue weighted by atomic mass is 35.5. The number of anilines is 1. The van der Waals surface area contributed by atoms with Gasteiger partial charge < -0.3 is 20.3 Å². The van der Waals surface area contributed by atoms with Crippen molar-refractivity contribution < 1.29 is 9.50 Å². The Morgan fingerprint density at radius 1 is 1.06 bits per heavy atom. The van der Waals surface area contributed by atoms with E-state index in [9.17, 15) is 14.3 Å². The predicted molar refractivity (Wildman–Crippen MR) is 135 cm³/mol. The van der Waals surface area contributed by atoms with Gasteiger partial charge in [0.05, 0.1) is 17.4 Å². The van der Waals surface area contributed by atoms with E-state index in [1.165, 1.54) is 21.3 Å². The van der Waals surface area contributed by atoms with Crippen molar-refractivity contribution in [3.05, 3.63) is 88.3 Å². The van der Waals surface area contributed by atoms with Crippen molar-refractivity contribution in [1.82, 2.24) is 9.13 Å². The molecule has 0 saturated heterocycles. The van der Waals surface area contributed by atoms with Crippen LogP contribution in [0.2, 0.25) is 5.02 Å². The number of nitrogens with two attached hydrogens (primary N) is 1. The lowest BCUT2D eigenvalue weighted by atomic mass is 9.96. The average Bonchev–Trinajstić information content (AvgIpc) is 3.16. The van der Waals surface area contributed by atoms with E-state index in [2.05, 4.69) is 6.92 Å². The maximum atomic E-state index is 14.7. The Morgan fingerprint density at radius 2 is 1.76 bits per heavy atom. The lowest BCUT2D eigenvalue weighted by molar-refractivity contribution is 0.477. The number of phenolic OH excluding ortho intramolecular Hbond substituents is 1. The van der Waals surface area contributed by atoms with Gasteiger partial charge in [-0.1, -0.05) is 36.7 Å². The number of hydrogen-bond donors (Lipinski definition) is 2. The Bertz CT molecular complexity index is 1400. The van der Waals surface area contributed by atoms with Gasteiger partial charge in [0.1, 0.15) is 11.6 Å². The summed E-state index contributed by atoms with van der Waals surface area (Å²) in [7, 11) is 1.65. The minimum atomic E-state index is -0.489. The van der Waals surface area contributed by atoms with Crippen molar-refractivity contribution >= 4 is 17.3 Å². The Hall–Kier alpha value is -3.55. The second-order valence-electron chi connectivity index (χ2n) is 8.07. The normalized spacial score (nSPS) is 11.1. The highest BCUT2D eigenvalue weighted by Crippen LogP contribution is 2.41. The molecule has 1 aromatic heterocycles. The van der Waals surface area contributed by atoms with Crippen molar-refractivity contribution in [2.24, 2.45) is 12.8 Å². The molecule has 0 saturated carbocycles. The van der Waals surface area contributed by atoms with Crippen LogP contribution in [0.15, 0.2) is 71.8 Å². The van der Waals surface area contributed by atoms with Gasteiger partial charge in [-0.25, -0.2) is 9.18 Å². The minimum absolute atomic E-state index is 0.0611. The molecule has 8 heteroatoms. The molecule has 4 rings (SSSR count). The lowest BCUT2D eigenvalue weighted by Crippen LogP contribution is -2.30. The number of halogens is 2. The third kappa shape index (κ3) is 4.44. The smallest absolute Gasteiger partial charge is 0.332 e. The number of phenols is 1. The molecular formula is C26H26ClFN4O2. The monoisotopic (exact) mass is 480 g/mol. The zero-order chi connectivity index (χ0) is 24.4. The molecule has 1 heterocycles. The van der Waals surface area contributed by atoms with Crippen LogP contribution in [0, 0.1) is 5.82 Å². The summed E-state index contributed by atoms with van der Waals surface area (Å²) in [5, 5.41) is 11.4. The fourth-order valence-electron chi connectivity index (χ4n) is 4.02. The predicted octanol–water partition coefficient (Wildman–Crippen LogP) is 5.14. The summed E-state index contributed by atoms with van der Waals surface area (Å²) >= 11 is 6.48. The molecule has 4 aromatic rings. The van der Waals surface area contributed by atoms with Crippen molar-refractivity contribution in [3.63, 3.8) is 0 Å². The number of nitrogens with zero attached hydrogens (tertiary/aromatic N) is 3. The maximum Gasteiger partial charge on any atom is 0.332 e. The van der Waals surface area contributed by atoms with Crippen LogP contribution in [0.5, 0.6) is 5.75 Å². The van der Waals surface area contributed by atoms with Crippen LogP contribution in [0.25, 0.3) is 27.9 Å². The van der Waals surface area contributed by atoms with Crippen LogP contribution in [0.4, 0.5) is 10.1 Å². The van der Waals surface area contributed by atoms with Gasteiger partial charge in [-0.2, -0.15) is 0 Å². The Balaban J connectivity index is 1.78. The summed E-state index contributed by atoms with van der Waals surface area (Å²) in [6.07, 6.45) is 4.19. The Kier molecular flexibility index (Phi) is 6.77. The van der Waals surface area contributed by atoms with Gasteiger partial charge in [0.25, 0.3) is 0 Å². The molecule has 34 heavy (non-hydrogen) atoms. The molecule has 0 atom stereocenters.